The third-order valence-electron chi connectivity index (χ3n) is 3.82. The molecule has 0 radical (unpaired) electrons. The van der Waals surface area contributed by atoms with Crippen LogP contribution in [0.2, 0.25) is 0 Å². The SMILES string of the molecule is COc1ccsc1C(=O)N(Cc1ccccc1[N+](=O)[O-])C1CC1. The summed E-state index contributed by atoms with van der Waals surface area (Å²) in [5.41, 5.74) is 0.595. The van der Waals surface area contributed by atoms with E-state index in [1.54, 1.807) is 29.2 Å². The second-order valence-corrected chi connectivity index (χ2v) is 6.28. The summed E-state index contributed by atoms with van der Waals surface area (Å²) in [6, 6.07) is 8.46. The first-order valence-electron chi connectivity index (χ1n) is 7.26. The summed E-state index contributed by atoms with van der Waals surface area (Å²) >= 11 is 1.33. The van der Waals surface area contributed by atoms with Crippen molar-refractivity contribution in [3.8, 4) is 5.75 Å². The first kappa shape index (κ1) is 15.5. The first-order chi connectivity index (χ1) is 11.1. The molecule has 1 aliphatic rings. The average Bonchev–Trinajstić information content (AvgIpc) is 3.28. The van der Waals surface area contributed by atoms with E-state index in [1.165, 1.54) is 24.5 Å². The van der Waals surface area contributed by atoms with Crippen molar-refractivity contribution in [2.75, 3.05) is 7.11 Å². The van der Waals surface area contributed by atoms with Crippen molar-refractivity contribution in [1.82, 2.24) is 4.90 Å². The van der Waals surface area contributed by atoms with E-state index in [0.29, 0.717) is 16.2 Å². The van der Waals surface area contributed by atoms with E-state index in [-0.39, 0.29) is 24.2 Å². The van der Waals surface area contributed by atoms with Gasteiger partial charge in [0.2, 0.25) is 0 Å². The zero-order valence-electron chi connectivity index (χ0n) is 12.6. The van der Waals surface area contributed by atoms with Gasteiger partial charge in [-0.05, 0) is 24.3 Å². The molecule has 0 unspecified atom stereocenters. The van der Waals surface area contributed by atoms with Gasteiger partial charge in [0.25, 0.3) is 11.6 Å². The number of nitro groups is 1. The van der Waals surface area contributed by atoms with Crippen molar-refractivity contribution in [3.63, 3.8) is 0 Å². The minimum atomic E-state index is -0.406. The Bertz CT molecular complexity index is 739. The van der Waals surface area contributed by atoms with Crippen LogP contribution in [0.1, 0.15) is 28.1 Å². The van der Waals surface area contributed by atoms with Crippen molar-refractivity contribution < 1.29 is 14.5 Å². The molecular weight excluding hydrogens is 316 g/mol. The van der Waals surface area contributed by atoms with Crippen LogP contribution in [0.25, 0.3) is 0 Å². The van der Waals surface area contributed by atoms with E-state index in [0.717, 1.165) is 12.8 Å². The molecule has 0 bridgehead atoms. The quantitative estimate of drug-likeness (QED) is 0.600. The highest BCUT2D eigenvalue weighted by atomic mass is 32.1. The molecule has 0 N–H and O–H groups in total. The van der Waals surface area contributed by atoms with Crippen LogP contribution in [0.3, 0.4) is 0 Å². The van der Waals surface area contributed by atoms with Crippen LogP contribution in [-0.4, -0.2) is 28.9 Å². The van der Waals surface area contributed by atoms with Crippen LogP contribution in [0.15, 0.2) is 35.7 Å². The molecule has 1 aromatic heterocycles. The van der Waals surface area contributed by atoms with E-state index in [2.05, 4.69) is 0 Å². The van der Waals surface area contributed by atoms with E-state index in [1.807, 2.05) is 5.38 Å². The molecule has 3 rings (SSSR count). The minimum absolute atomic E-state index is 0.0455. The van der Waals surface area contributed by atoms with Gasteiger partial charge >= 0.3 is 0 Å². The summed E-state index contributed by atoms with van der Waals surface area (Å²) in [6.07, 6.45) is 1.86. The maximum Gasteiger partial charge on any atom is 0.274 e. The molecule has 7 heteroatoms. The first-order valence-corrected chi connectivity index (χ1v) is 8.14. The van der Waals surface area contributed by atoms with Crippen molar-refractivity contribution in [2.45, 2.75) is 25.4 Å². The van der Waals surface area contributed by atoms with Crippen molar-refractivity contribution in [2.24, 2.45) is 0 Å². The van der Waals surface area contributed by atoms with Crippen molar-refractivity contribution in [3.05, 3.63) is 56.3 Å². The molecule has 1 saturated carbocycles. The number of nitro benzene ring substituents is 1. The Balaban J connectivity index is 1.89. The third kappa shape index (κ3) is 3.19. The van der Waals surface area contributed by atoms with Crippen LogP contribution >= 0.6 is 11.3 Å². The van der Waals surface area contributed by atoms with Crippen LogP contribution in [0.5, 0.6) is 5.75 Å². The predicted molar refractivity (Wildman–Crippen MR) is 86.9 cm³/mol. The largest absolute Gasteiger partial charge is 0.495 e. The zero-order chi connectivity index (χ0) is 16.4. The predicted octanol–water partition coefficient (Wildman–Crippen LogP) is 3.47. The minimum Gasteiger partial charge on any atom is -0.495 e. The molecule has 1 heterocycles. The van der Waals surface area contributed by atoms with Gasteiger partial charge in [-0.1, -0.05) is 18.2 Å². The lowest BCUT2D eigenvalue weighted by atomic mass is 10.1. The Morgan fingerprint density at radius 2 is 2.13 bits per heavy atom. The summed E-state index contributed by atoms with van der Waals surface area (Å²) in [7, 11) is 1.53. The van der Waals surface area contributed by atoms with Gasteiger partial charge in [-0.25, -0.2) is 0 Å². The molecule has 1 fully saturated rings. The molecule has 0 atom stereocenters. The Labute approximate surface area is 137 Å². The number of ether oxygens (including phenoxy) is 1. The monoisotopic (exact) mass is 332 g/mol. The van der Waals surface area contributed by atoms with Gasteiger partial charge < -0.3 is 9.64 Å². The molecular formula is C16H16N2O4S. The summed E-state index contributed by atoms with van der Waals surface area (Å²) in [4.78, 5) is 25.9. The van der Waals surface area contributed by atoms with Crippen LogP contribution < -0.4 is 4.74 Å². The Morgan fingerprint density at radius 1 is 1.39 bits per heavy atom. The Hall–Kier alpha value is -2.41. The van der Waals surface area contributed by atoms with Crippen LogP contribution in [-0.2, 0) is 6.54 Å². The summed E-state index contributed by atoms with van der Waals surface area (Å²) in [6.45, 7) is 0.238. The number of thiophene rings is 1. The number of amides is 1. The van der Waals surface area contributed by atoms with Gasteiger partial charge in [0, 0.05) is 17.7 Å². The second-order valence-electron chi connectivity index (χ2n) is 5.37. The summed E-state index contributed by atoms with van der Waals surface area (Å²) in [5, 5.41) is 13.0. The number of carbonyl (C=O) groups excluding carboxylic acids is 1. The fraction of sp³-hybridized carbons (Fsp3) is 0.312. The molecule has 23 heavy (non-hydrogen) atoms. The maximum absolute atomic E-state index is 12.8. The van der Waals surface area contributed by atoms with Gasteiger partial charge in [0.05, 0.1) is 18.6 Å². The molecule has 120 valence electrons. The number of benzene rings is 1. The molecule has 0 saturated heterocycles. The number of nitrogens with zero attached hydrogens (tertiary/aromatic N) is 2. The molecule has 1 aliphatic carbocycles. The Kier molecular flexibility index (Phi) is 4.29. The van der Waals surface area contributed by atoms with Gasteiger partial charge in [-0.3, -0.25) is 14.9 Å². The van der Waals surface area contributed by atoms with Gasteiger partial charge in [-0.15, -0.1) is 11.3 Å². The number of rotatable bonds is 6. The Morgan fingerprint density at radius 3 is 2.78 bits per heavy atom. The lowest BCUT2D eigenvalue weighted by Gasteiger charge is -2.22. The molecule has 1 amide bonds. The fourth-order valence-corrected chi connectivity index (χ4v) is 3.32. The normalized spacial score (nSPS) is 13.6. The van der Waals surface area contributed by atoms with Crippen molar-refractivity contribution >= 4 is 22.9 Å². The van der Waals surface area contributed by atoms with Gasteiger partial charge in [0.1, 0.15) is 10.6 Å². The van der Waals surface area contributed by atoms with Crippen molar-refractivity contribution in [1.29, 1.82) is 0 Å². The van der Waals surface area contributed by atoms with Crippen LogP contribution in [0, 0.1) is 10.1 Å². The lowest BCUT2D eigenvalue weighted by Crippen LogP contribution is -2.32. The van der Waals surface area contributed by atoms with E-state index < -0.39 is 4.92 Å². The highest BCUT2D eigenvalue weighted by molar-refractivity contribution is 7.12. The topological polar surface area (TPSA) is 72.7 Å². The number of carbonyl (C=O) groups is 1. The molecule has 0 aliphatic heterocycles. The number of hydrogen-bond acceptors (Lipinski definition) is 5. The summed E-state index contributed by atoms with van der Waals surface area (Å²) in [5.74, 6) is 0.422. The van der Waals surface area contributed by atoms with E-state index in [4.69, 9.17) is 4.74 Å². The molecule has 0 spiro atoms. The highest BCUT2D eigenvalue weighted by Crippen LogP contribution is 2.34. The number of methoxy groups -OCH3 is 1. The van der Waals surface area contributed by atoms with E-state index >= 15 is 0 Å². The van der Waals surface area contributed by atoms with Gasteiger partial charge in [0.15, 0.2) is 0 Å². The maximum atomic E-state index is 12.8. The zero-order valence-corrected chi connectivity index (χ0v) is 13.4. The standard InChI is InChI=1S/C16H16N2O4S/c1-22-14-8-9-23-15(14)16(19)17(12-6-7-12)10-11-4-2-3-5-13(11)18(20)21/h2-5,8-9,12H,6-7,10H2,1H3. The number of para-hydroxylation sites is 1. The lowest BCUT2D eigenvalue weighted by molar-refractivity contribution is -0.385. The fourth-order valence-electron chi connectivity index (χ4n) is 2.50. The number of hydrogen-bond donors (Lipinski definition) is 0. The molecule has 1 aromatic carbocycles. The molecule has 6 nitrogen and oxygen atoms in total. The second kappa shape index (κ2) is 6.37. The van der Waals surface area contributed by atoms with E-state index in [9.17, 15) is 14.9 Å². The summed E-state index contributed by atoms with van der Waals surface area (Å²) < 4.78 is 5.22. The third-order valence-corrected chi connectivity index (χ3v) is 4.70. The average molecular weight is 332 g/mol. The molecule has 2 aromatic rings. The smallest absolute Gasteiger partial charge is 0.274 e. The van der Waals surface area contributed by atoms with Gasteiger partial charge in [-0.2, -0.15) is 0 Å². The van der Waals surface area contributed by atoms with Crippen LogP contribution in [0.4, 0.5) is 5.69 Å². The highest BCUT2D eigenvalue weighted by Gasteiger charge is 2.35.